The minimum absolute atomic E-state index is 0.288. The molecule has 0 saturated carbocycles. The summed E-state index contributed by atoms with van der Waals surface area (Å²) < 4.78 is 36.3. The van der Waals surface area contributed by atoms with Gasteiger partial charge in [0.2, 0.25) is 0 Å². The Morgan fingerprint density at radius 2 is 1.33 bits per heavy atom. The van der Waals surface area contributed by atoms with Crippen molar-refractivity contribution in [1.82, 2.24) is 0 Å². The van der Waals surface area contributed by atoms with E-state index in [9.17, 15) is 13.2 Å². The van der Waals surface area contributed by atoms with E-state index in [0.717, 1.165) is 6.92 Å². The van der Waals surface area contributed by atoms with Gasteiger partial charge in [0.25, 0.3) is 0 Å². The van der Waals surface area contributed by atoms with Crippen LogP contribution in [0.3, 0.4) is 0 Å². The Morgan fingerprint density at radius 3 is 1.42 bits per heavy atom. The molecule has 12 heavy (non-hydrogen) atoms. The molecule has 0 aromatic heterocycles. The molecule has 0 rings (SSSR count). The average molecular weight is 184 g/mol. The standard InChI is InChI=1S/C8H15F3O/c1-6(2,3)5-7(4,12)8(9,10)11/h12H,5H2,1-4H3. The van der Waals surface area contributed by atoms with E-state index >= 15 is 0 Å². The Morgan fingerprint density at radius 1 is 1.00 bits per heavy atom. The van der Waals surface area contributed by atoms with Crippen LogP contribution in [-0.2, 0) is 0 Å². The Balaban J connectivity index is 4.44. The van der Waals surface area contributed by atoms with Crippen molar-refractivity contribution < 1.29 is 18.3 Å². The normalized spacial score (nSPS) is 19.0. The lowest BCUT2D eigenvalue weighted by molar-refractivity contribution is -0.261. The highest BCUT2D eigenvalue weighted by molar-refractivity contribution is 4.85. The molecule has 1 atom stereocenters. The lowest BCUT2D eigenvalue weighted by Crippen LogP contribution is -2.44. The summed E-state index contributed by atoms with van der Waals surface area (Å²) in [4.78, 5) is 0. The maximum Gasteiger partial charge on any atom is 0.416 e. The Kier molecular flexibility index (Phi) is 2.85. The van der Waals surface area contributed by atoms with E-state index in [4.69, 9.17) is 5.11 Å². The molecule has 0 amide bonds. The molecule has 0 heterocycles. The first-order valence-corrected chi connectivity index (χ1v) is 3.75. The number of hydrogen-bond acceptors (Lipinski definition) is 1. The van der Waals surface area contributed by atoms with Gasteiger partial charge in [-0.3, -0.25) is 0 Å². The molecule has 0 bridgehead atoms. The maximum absolute atomic E-state index is 12.1. The fourth-order valence-corrected chi connectivity index (χ4v) is 1.13. The van der Waals surface area contributed by atoms with E-state index in [1.165, 1.54) is 0 Å². The van der Waals surface area contributed by atoms with Crippen molar-refractivity contribution in [3.63, 3.8) is 0 Å². The second-order valence-corrected chi connectivity index (χ2v) is 4.51. The molecule has 0 radical (unpaired) electrons. The molecule has 1 unspecified atom stereocenters. The van der Waals surface area contributed by atoms with Crippen LogP contribution in [0.25, 0.3) is 0 Å². The summed E-state index contributed by atoms with van der Waals surface area (Å²) in [6.07, 6.45) is -4.83. The highest BCUT2D eigenvalue weighted by Gasteiger charge is 2.51. The lowest BCUT2D eigenvalue weighted by Gasteiger charge is -2.32. The van der Waals surface area contributed by atoms with Crippen molar-refractivity contribution in [2.75, 3.05) is 0 Å². The van der Waals surface area contributed by atoms with Crippen LogP contribution in [0.5, 0.6) is 0 Å². The van der Waals surface area contributed by atoms with Crippen molar-refractivity contribution in [3.8, 4) is 0 Å². The van der Waals surface area contributed by atoms with Crippen molar-refractivity contribution in [2.24, 2.45) is 5.41 Å². The van der Waals surface area contributed by atoms with Gasteiger partial charge in [-0.2, -0.15) is 13.2 Å². The predicted molar refractivity (Wildman–Crippen MR) is 40.8 cm³/mol. The zero-order valence-electron chi connectivity index (χ0n) is 7.79. The van der Waals surface area contributed by atoms with Crippen molar-refractivity contribution >= 4 is 0 Å². The molecule has 0 aliphatic heterocycles. The Bertz CT molecular complexity index is 153. The average Bonchev–Trinajstić information content (AvgIpc) is 1.52. The van der Waals surface area contributed by atoms with Crippen LogP contribution in [0, 0.1) is 5.41 Å². The van der Waals surface area contributed by atoms with Gasteiger partial charge < -0.3 is 5.11 Å². The molecule has 4 heteroatoms. The molecule has 0 aromatic rings. The molecule has 0 saturated heterocycles. The summed E-state index contributed by atoms with van der Waals surface area (Å²) in [5.41, 5.74) is -3.11. The van der Waals surface area contributed by atoms with Crippen LogP contribution in [0.4, 0.5) is 13.2 Å². The van der Waals surface area contributed by atoms with Crippen molar-refractivity contribution in [1.29, 1.82) is 0 Å². The van der Waals surface area contributed by atoms with Gasteiger partial charge in [0, 0.05) is 0 Å². The third-order valence-electron chi connectivity index (χ3n) is 1.49. The van der Waals surface area contributed by atoms with E-state index in [1.807, 2.05) is 0 Å². The van der Waals surface area contributed by atoms with Gasteiger partial charge in [-0.1, -0.05) is 20.8 Å². The predicted octanol–water partition coefficient (Wildman–Crippen LogP) is 2.74. The molecule has 1 nitrogen and oxygen atoms in total. The third kappa shape index (κ3) is 3.43. The Hall–Kier alpha value is -0.250. The quantitative estimate of drug-likeness (QED) is 0.664. The van der Waals surface area contributed by atoms with Gasteiger partial charge in [0.1, 0.15) is 0 Å². The number of hydrogen-bond donors (Lipinski definition) is 1. The largest absolute Gasteiger partial charge is 0.416 e. The van der Waals surface area contributed by atoms with Gasteiger partial charge in [-0.05, 0) is 18.8 Å². The van der Waals surface area contributed by atoms with Crippen LogP contribution >= 0.6 is 0 Å². The molecule has 74 valence electrons. The first-order valence-electron chi connectivity index (χ1n) is 3.75. The summed E-state index contributed by atoms with van der Waals surface area (Å²) in [7, 11) is 0. The van der Waals surface area contributed by atoms with Crippen molar-refractivity contribution in [2.45, 2.75) is 45.9 Å². The zero-order valence-corrected chi connectivity index (χ0v) is 7.79. The van der Waals surface area contributed by atoms with E-state index < -0.39 is 17.2 Å². The van der Waals surface area contributed by atoms with E-state index in [2.05, 4.69) is 0 Å². The van der Waals surface area contributed by atoms with E-state index in [-0.39, 0.29) is 6.42 Å². The van der Waals surface area contributed by atoms with Crippen LogP contribution in [-0.4, -0.2) is 16.9 Å². The highest BCUT2D eigenvalue weighted by atomic mass is 19.4. The van der Waals surface area contributed by atoms with Crippen LogP contribution in [0.2, 0.25) is 0 Å². The summed E-state index contributed by atoms with van der Waals surface area (Å²) in [6, 6.07) is 0. The molecule has 0 spiro atoms. The second-order valence-electron chi connectivity index (χ2n) is 4.51. The summed E-state index contributed by atoms with van der Waals surface area (Å²) in [5.74, 6) is 0. The van der Waals surface area contributed by atoms with Crippen LogP contribution < -0.4 is 0 Å². The van der Waals surface area contributed by atoms with Gasteiger partial charge in [-0.25, -0.2) is 0 Å². The second kappa shape index (κ2) is 2.91. The summed E-state index contributed by atoms with van der Waals surface area (Å²) in [5, 5.41) is 9.06. The molecule has 0 aliphatic rings. The third-order valence-corrected chi connectivity index (χ3v) is 1.49. The van der Waals surface area contributed by atoms with Crippen LogP contribution in [0.15, 0.2) is 0 Å². The fourth-order valence-electron chi connectivity index (χ4n) is 1.13. The van der Waals surface area contributed by atoms with Gasteiger partial charge >= 0.3 is 6.18 Å². The summed E-state index contributed by atoms with van der Waals surface area (Å²) in [6.45, 7) is 5.78. The maximum atomic E-state index is 12.1. The molecular formula is C8H15F3O. The van der Waals surface area contributed by atoms with Gasteiger partial charge in [0.05, 0.1) is 0 Å². The van der Waals surface area contributed by atoms with E-state index in [0.29, 0.717) is 0 Å². The Labute approximate surface area is 70.6 Å². The molecule has 1 N–H and O–H groups in total. The SMILES string of the molecule is CC(C)(C)CC(C)(O)C(F)(F)F. The summed E-state index contributed by atoms with van der Waals surface area (Å²) >= 11 is 0. The van der Waals surface area contributed by atoms with E-state index in [1.54, 1.807) is 20.8 Å². The van der Waals surface area contributed by atoms with Crippen molar-refractivity contribution in [3.05, 3.63) is 0 Å². The molecule has 0 aliphatic carbocycles. The highest BCUT2D eigenvalue weighted by Crippen LogP contribution is 2.38. The molecule has 0 aromatic carbocycles. The zero-order chi connectivity index (χ0) is 10.2. The minimum atomic E-state index is -4.54. The van der Waals surface area contributed by atoms with Gasteiger partial charge in [-0.15, -0.1) is 0 Å². The lowest BCUT2D eigenvalue weighted by atomic mass is 9.82. The number of halogens is 3. The topological polar surface area (TPSA) is 20.2 Å². The number of rotatable bonds is 1. The van der Waals surface area contributed by atoms with Crippen LogP contribution in [0.1, 0.15) is 34.1 Å². The number of alkyl halides is 3. The minimum Gasteiger partial charge on any atom is -0.381 e. The molecular weight excluding hydrogens is 169 g/mol. The number of aliphatic hydroxyl groups is 1. The smallest absolute Gasteiger partial charge is 0.381 e. The first kappa shape index (κ1) is 11.8. The monoisotopic (exact) mass is 184 g/mol. The fraction of sp³-hybridized carbons (Fsp3) is 1.00. The molecule has 0 fully saturated rings. The first-order chi connectivity index (χ1) is 4.96. The van der Waals surface area contributed by atoms with Gasteiger partial charge in [0.15, 0.2) is 5.60 Å².